The van der Waals surface area contributed by atoms with Gasteiger partial charge in [-0.3, -0.25) is 4.90 Å². The Morgan fingerprint density at radius 3 is 2.70 bits per heavy atom. The minimum Gasteiger partial charge on any atom is -0.395 e. The molecule has 1 rings (SSSR count). The highest BCUT2D eigenvalue weighted by Gasteiger charge is 2.28. The molecule has 1 fully saturated rings. The predicted molar refractivity (Wildman–Crippen MR) is 38.7 cm³/mol. The maximum absolute atomic E-state index is 9.18. The van der Waals surface area contributed by atoms with Crippen molar-refractivity contribution in [2.45, 2.75) is 25.5 Å². The van der Waals surface area contributed by atoms with Gasteiger partial charge in [0.2, 0.25) is 0 Å². The lowest BCUT2D eigenvalue weighted by Crippen LogP contribution is -2.31. The van der Waals surface area contributed by atoms with Crippen LogP contribution in [0.1, 0.15) is 13.3 Å². The Kier molecular flexibility index (Phi) is 2.65. The molecule has 0 spiro atoms. The van der Waals surface area contributed by atoms with Gasteiger partial charge in [0.15, 0.2) is 0 Å². The van der Waals surface area contributed by atoms with Crippen LogP contribution in [0.4, 0.5) is 0 Å². The number of aliphatic hydroxyl groups is 2. The number of likely N-dealkylation sites (tertiary alicyclic amines) is 1. The van der Waals surface area contributed by atoms with E-state index in [0.29, 0.717) is 0 Å². The Morgan fingerprint density at radius 1 is 1.60 bits per heavy atom. The first-order chi connectivity index (χ1) is 4.77. The van der Waals surface area contributed by atoms with E-state index >= 15 is 0 Å². The van der Waals surface area contributed by atoms with Gasteiger partial charge in [0, 0.05) is 12.6 Å². The van der Waals surface area contributed by atoms with Gasteiger partial charge >= 0.3 is 0 Å². The number of aliphatic hydroxyl groups excluding tert-OH is 2. The zero-order chi connectivity index (χ0) is 7.56. The molecule has 60 valence electrons. The summed E-state index contributed by atoms with van der Waals surface area (Å²) < 4.78 is 0. The average molecular weight is 145 g/mol. The lowest BCUT2D eigenvalue weighted by molar-refractivity contribution is 0.161. The molecule has 0 aromatic carbocycles. The molecule has 0 saturated carbocycles. The van der Waals surface area contributed by atoms with Gasteiger partial charge in [0.1, 0.15) is 0 Å². The standard InChI is InChI=1S/C7H15NO2/c1-2-8-4-7(10)3-6(8)5-9/h6-7,9-10H,2-5H2,1H3/t6-,7?/m0/s1. The molecule has 1 heterocycles. The summed E-state index contributed by atoms with van der Waals surface area (Å²) in [5.41, 5.74) is 0. The van der Waals surface area contributed by atoms with Crippen LogP contribution in [-0.2, 0) is 0 Å². The van der Waals surface area contributed by atoms with Crippen LogP contribution in [0.3, 0.4) is 0 Å². The molecule has 0 amide bonds. The summed E-state index contributed by atoms with van der Waals surface area (Å²) in [4.78, 5) is 2.10. The summed E-state index contributed by atoms with van der Waals surface area (Å²) in [5.74, 6) is 0. The van der Waals surface area contributed by atoms with Crippen molar-refractivity contribution >= 4 is 0 Å². The van der Waals surface area contributed by atoms with Gasteiger partial charge in [-0.2, -0.15) is 0 Å². The lowest BCUT2D eigenvalue weighted by Gasteiger charge is -2.19. The third-order valence-electron chi connectivity index (χ3n) is 2.12. The Balaban J connectivity index is 2.41. The van der Waals surface area contributed by atoms with Crippen LogP contribution in [0.15, 0.2) is 0 Å². The molecule has 3 nitrogen and oxygen atoms in total. The average Bonchev–Trinajstić information content (AvgIpc) is 2.30. The number of hydrogen-bond donors (Lipinski definition) is 2. The van der Waals surface area contributed by atoms with Gasteiger partial charge in [-0.15, -0.1) is 0 Å². The van der Waals surface area contributed by atoms with Gasteiger partial charge in [0.05, 0.1) is 12.7 Å². The number of likely N-dealkylation sites (N-methyl/N-ethyl adjacent to an activating group) is 1. The first-order valence-electron chi connectivity index (χ1n) is 3.81. The van der Waals surface area contributed by atoms with Crippen molar-refractivity contribution < 1.29 is 10.2 Å². The fourth-order valence-corrected chi connectivity index (χ4v) is 1.53. The van der Waals surface area contributed by atoms with Crippen molar-refractivity contribution in [1.82, 2.24) is 4.90 Å². The van der Waals surface area contributed by atoms with E-state index in [0.717, 1.165) is 19.5 Å². The van der Waals surface area contributed by atoms with Crippen molar-refractivity contribution in [2.75, 3.05) is 19.7 Å². The van der Waals surface area contributed by atoms with E-state index in [1.54, 1.807) is 0 Å². The molecule has 10 heavy (non-hydrogen) atoms. The lowest BCUT2D eigenvalue weighted by atomic mass is 10.2. The zero-order valence-corrected chi connectivity index (χ0v) is 6.32. The van der Waals surface area contributed by atoms with Crippen molar-refractivity contribution in [3.05, 3.63) is 0 Å². The summed E-state index contributed by atoms with van der Waals surface area (Å²) in [6.45, 7) is 3.86. The third-order valence-corrected chi connectivity index (χ3v) is 2.12. The van der Waals surface area contributed by atoms with Crippen LogP contribution in [0.2, 0.25) is 0 Å². The van der Waals surface area contributed by atoms with Crippen LogP contribution in [0, 0.1) is 0 Å². The first-order valence-corrected chi connectivity index (χ1v) is 3.81. The van der Waals surface area contributed by atoms with Crippen LogP contribution in [0.5, 0.6) is 0 Å². The van der Waals surface area contributed by atoms with E-state index in [1.165, 1.54) is 0 Å². The molecular formula is C7H15NO2. The molecular weight excluding hydrogens is 130 g/mol. The summed E-state index contributed by atoms with van der Waals surface area (Å²) >= 11 is 0. The third kappa shape index (κ3) is 1.48. The topological polar surface area (TPSA) is 43.7 Å². The largest absolute Gasteiger partial charge is 0.395 e. The number of hydrogen-bond acceptors (Lipinski definition) is 3. The van der Waals surface area contributed by atoms with Gasteiger partial charge in [-0.1, -0.05) is 6.92 Å². The Bertz CT molecular complexity index is 95.8. The summed E-state index contributed by atoms with van der Waals surface area (Å²) in [6, 6.07) is 0.194. The molecule has 0 aromatic heterocycles. The maximum atomic E-state index is 9.18. The Labute approximate surface area is 61.3 Å². The summed E-state index contributed by atoms with van der Waals surface area (Å²) in [7, 11) is 0. The van der Waals surface area contributed by atoms with Crippen molar-refractivity contribution in [3.63, 3.8) is 0 Å². The van der Waals surface area contributed by atoms with Crippen molar-refractivity contribution in [3.8, 4) is 0 Å². The zero-order valence-electron chi connectivity index (χ0n) is 6.32. The van der Waals surface area contributed by atoms with Gasteiger partial charge in [-0.25, -0.2) is 0 Å². The normalized spacial score (nSPS) is 35.1. The second-order valence-electron chi connectivity index (χ2n) is 2.81. The molecule has 0 aromatic rings. The predicted octanol–water partition coefficient (Wildman–Crippen LogP) is -0.566. The molecule has 3 heteroatoms. The van der Waals surface area contributed by atoms with Gasteiger partial charge < -0.3 is 10.2 Å². The highest BCUT2D eigenvalue weighted by Crippen LogP contribution is 2.15. The van der Waals surface area contributed by atoms with E-state index in [4.69, 9.17) is 5.11 Å². The van der Waals surface area contributed by atoms with Gasteiger partial charge in [0.25, 0.3) is 0 Å². The van der Waals surface area contributed by atoms with Crippen LogP contribution in [-0.4, -0.2) is 47.0 Å². The number of nitrogens with zero attached hydrogens (tertiary/aromatic N) is 1. The Morgan fingerprint density at radius 2 is 2.30 bits per heavy atom. The second kappa shape index (κ2) is 3.32. The first kappa shape index (κ1) is 7.98. The molecule has 2 atom stereocenters. The minimum atomic E-state index is -0.225. The van der Waals surface area contributed by atoms with E-state index < -0.39 is 0 Å². The number of β-amino-alcohol motifs (C(OH)–C–C–N with tert-alkyl or cyclic N) is 1. The molecule has 2 N–H and O–H groups in total. The Hall–Kier alpha value is -0.120. The van der Waals surface area contributed by atoms with E-state index in [2.05, 4.69) is 4.90 Å². The molecule has 0 bridgehead atoms. The fraction of sp³-hybridized carbons (Fsp3) is 1.00. The number of rotatable bonds is 2. The molecule has 0 radical (unpaired) electrons. The maximum Gasteiger partial charge on any atom is 0.0683 e. The summed E-state index contributed by atoms with van der Waals surface area (Å²) in [6.07, 6.45) is 0.502. The van der Waals surface area contributed by atoms with E-state index in [-0.39, 0.29) is 18.8 Å². The summed E-state index contributed by atoms with van der Waals surface area (Å²) in [5, 5.41) is 18.0. The van der Waals surface area contributed by atoms with E-state index in [9.17, 15) is 5.11 Å². The quantitative estimate of drug-likeness (QED) is 0.547. The smallest absolute Gasteiger partial charge is 0.0683 e. The highest BCUT2D eigenvalue weighted by atomic mass is 16.3. The SMILES string of the molecule is CCN1CC(O)C[C@H]1CO. The van der Waals surface area contributed by atoms with Crippen LogP contribution >= 0.6 is 0 Å². The van der Waals surface area contributed by atoms with Gasteiger partial charge in [-0.05, 0) is 13.0 Å². The molecule has 0 aliphatic carbocycles. The molecule has 1 aliphatic rings. The minimum absolute atomic E-state index is 0.172. The van der Waals surface area contributed by atoms with Crippen molar-refractivity contribution in [1.29, 1.82) is 0 Å². The van der Waals surface area contributed by atoms with Crippen LogP contribution < -0.4 is 0 Å². The highest BCUT2D eigenvalue weighted by molar-refractivity contribution is 4.83. The van der Waals surface area contributed by atoms with Crippen molar-refractivity contribution in [2.24, 2.45) is 0 Å². The molecule has 1 saturated heterocycles. The molecule has 1 aliphatic heterocycles. The monoisotopic (exact) mass is 145 g/mol. The fourth-order valence-electron chi connectivity index (χ4n) is 1.53. The van der Waals surface area contributed by atoms with Crippen LogP contribution in [0.25, 0.3) is 0 Å². The second-order valence-corrected chi connectivity index (χ2v) is 2.81. The molecule has 1 unspecified atom stereocenters. The van der Waals surface area contributed by atoms with E-state index in [1.807, 2.05) is 6.92 Å².